The molecule has 0 radical (unpaired) electrons. The van der Waals surface area contributed by atoms with E-state index in [1.54, 1.807) is 48.8 Å². The number of amides is 2. The molecule has 3 aliphatic heterocycles. The molecule has 194 valence electrons. The number of ketones is 1. The number of hydrogen-bond donors (Lipinski definition) is 2. The van der Waals surface area contributed by atoms with Gasteiger partial charge in [0.1, 0.15) is 0 Å². The van der Waals surface area contributed by atoms with Gasteiger partial charge in [0, 0.05) is 42.7 Å². The average molecular weight is 512 g/mol. The van der Waals surface area contributed by atoms with Crippen LogP contribution in [-0.4, -0.2) is 75.9 Å². The maximum absolute atomic E-state index is 13.3. The summed E-state index contributed by atoms with van der Waals surface area (Å²) in [4.78, 5) is 51.8. The number of aliphatic hydroxyl groups excluding tert-OH is 1. The highest BCUT2D eigenvalue weighted by molar-refractivity contribution is 6.29. The van der Waals surface area contributed by atoms with E-state index in [4.69, 9.17) is 0 Å². The number of anilines is 1. The Morgan fingerprint density at radius 2 is 1.82 bits per heavy atom. The molecule has 2 amide bonds. The topological polar surface area (TPSA) is 115 Å². The van der Waals surface area contributed by atoms with E-state index in [9.17, 15) is 19.5 Å². The molecule has 1 fully saturated rings. The number of carbonyl (C=O) groups excluding carboxylic acids is 3. The van der Waals surface area contributed by atoms with Crippen LogP contribution in [0, 0.1) is 0 Å². The number of carbonyl (C=O) groups is 3. The molecule has 9 nitrogen and oxygen atoms in total. The van der Waals surface area contributed by atoms with Crippen molar-refractivity contribution in [1.29, 1.82) is 0 Å². The summed E-state index contributed by atoms with van der Waals surface area (Å²) in [7, 11) is 2.05. The van der Waals surface area contributed by atoms with Gasteiger partial charge in [0.25, 0.3) is 11.8 Å². The van der Waals surface area contributed by atoms with Gasteiger partial charge < -0.3 is 15.3 Å². The molecule has 2 N–H and O–H groups in total. The van der Waals surface area contributed by atoms with Crippen LogP contribution in [0.1, 0.15) is 57.2 Å². The maximum Gasteiger partial charge on any atom is 0.261 e. The molecule has 4 heterocycles. The number of pyridine rings is 1. The fraction of sp³-hybridized carbons (Fsp3) is 0.345. The van der Waals surface area contributed by atoms with Crippen LogP contribution in [0.3, 0.4) is 0 Å². The van der Waals surface area contributed by atoms with Crippen molar-refractivity contribution in [2.24, 2.45) is 4.99 Å². The Bertz CT molecular complexity index is 1370. The third-order valence-corrected chi connectivity index (χ3v) is 7.79. The van der Waals surface area contributed by atoms with Gasteiger partial charge in [0.15, 0.2) is 5.78 Å². The number of nitrogens with one attached hydrogen (secondary N) is 1. The fourth-order valence-electron chi connectivity index (χ4n) is 5.68. The van der Waals surface area contributed by atoms with Crippen molar-refractivity contribution >= 4 is 29.0 Å². The van der Waals surface area contributed by atoms with E-state index in [1.807, 2.05) is 7.05 Å². The van der Waals surface area contributed by atoms with E-state index in [2.05, 4.69) is 20.2 Å². The summed E-state index contributed by atoms with van der Waals surface area (Å²) in [6, 6.07) is 6.94. The third kappa shape index (κ3) is 4.27. The number of Topliss-reactive ketones (excluding diaryl/α,β-unsaturated/α-hetero) is 1. The molecule has 2 aromatic rings. The molecule has 0 spiro atoms. The van der Waals surface area contributed by atoms with Crippen molar-refractivity contribution in [3.05, 3.63) is 82.3 Å². The summed E-state index contributed by atoms with van der Waals surface area (Å²) < 4.78 is 0. The Labute approximate surface area is 220 Å². The number of nitrogens with zero attached hydrogens (tertiary/aromatic N) is 4. The standard InChI is InChI=1S/C29H29N5O4/c1-33-11-7-19(8-12-33)34-28(37)20-13-18-14-24(32-23(18)15-21(20)29(34)38)27-22(3-2-4-25(27)35)31-16-26(36)17-5-9-30-10-6-17/h2-3,5-6,9-10,13,15,19,26,32,36H,4,7-8,11-12,14,16H2,1H3. The molecular weight excluding hydrogens is 482 g/mol. The molecule has 1 aromatic carbocycles. The fourth-order valence-corrected chi connectivity index (χ4v) is 5.68. The lowest BCUT2D eigenvalue weighted by Crippen LogP contribution is -2.46. The monoisotopic (exact) mass is 511 g/mol. The molecule has 1 saturated heterocycles. The van der Waals surface area contributed by atoms with Crippen LogP contribution in [0.25, 0.3) is 0 Å². The van der Waals surface area contributed by atoms with E-state index in [0.717, 1.165) is 37.2 Å². The minimum absolute atomic E-state index is 0.0620. The SMILES string of the molecule is CN1CCC(N2C(=O)c3cc4c(cc3C2=O)NC(=C2C(=O)CC=CC2=NCC(O)c2ccncc2)C4)CC1. The van der Waals surface area contributed by atoms with Gasteiger partial charge in [-0.3, -0.25) is 29.3 Å². The number of imide groups is 1. The van der Waals surface area contributed by atoms with Crippen molar-refractivity contribution in [2.75, 3.05) is 32.0 Å². The maximum atomic E-state index is 13.3. The predicted molar refractivity (Wildman–Crippen MR) is 142 cm³/mol. The number of benzene rings is 1. The van der Waals surface area contributed by atoms with Crippen LogP contribution in [0.4, 0.5) is 5.69 Å². The van der Waals surface area contributed by atoms with Gasteiger partial charge in [0.05, 0.1) is 35.1 Å². The third-order valence-electron chi connectivity index (χ3n) is 7.79. The molecule has 9 heteroatoms. The van der Waals surface area contributed by atoms with E-state index in [1.165, 1.54) is 4.90 Å². The highest BCUT2D eigenvalue weighted by Gasteiger charge is 2.42. The summed E-state index contributed by atoms with van der Waals surface area (Å²) in [5.74, 6) is -0.533. The zero-order chi connectivity index (χ0) is 26.4. The lowest BCUT2D eigenvalue weighted by molar-refractivity contribution is -0.114. The molecule has 1 aliphatic carbocycles. The second-order valence-corrected chi connectivity index (χ2v) is 10.3. The first-order valence-electron chi connectivity index (χ1n) is 13.0. The van der Waals surface area contributed by atoms with E-state index >= 15 is 0 Å². The normalized spacial score (nSPS) is 23.7. The number of allylic oxidation sites excluding steroid dienone is 4. The van der Waals surface area contributed by atoms with Gasteiger partial charge >= 0.3 is 0 Å². The molecule has 0 saturated carbocycles. The Morgan fingerprint density at radius 1 is 1.11 bits per heavy atom. The van der Waals surface area contributed by atoms with Crippen LogP contribution in [-0.2, 0) is 11.2 Å². The highest BCUT2D eigenvalue weighted by Crippen LogP contribution is 2.38. The molecule has 0 bridgehead atoms. The van der Waals surface area contributed by atoms with E-state index in [0.29, 0.717) is 40.1 Å². The van der Waals surface area contributed by atoms with Crippen molar-refractivity contribution < 1.29 is 19.5 Å². The molecule has 4 aliphatic rings. The lowest BCUT2D eigenvalue weighted by atomic mass is 9.94. The summed E-state index contributed by atoms with van der Waals surface area (Å²) in [6.07, 6.45) is 8.25. The number of aliphatic hydroxyl groups is 1. The van der Waals surface area contributed by atoms with Gasteiger partial charge in [-0.1, -0.05) is 6.08 Å². The molecule has 6 rings (SSSR count). The zero-order valence-electron chi connectivity index (χ0n) is 21.2. The largest absolute Gasteiger partial charge is 0.386 e. The Morgan fingerprint density at radius 3 is 2.55 bits per heavy atom. The second-order valence-electron chi connectivity index (χ2n) is 10.3. The summed E-state index contributed by atoms with van der Waals surface area (Å²) in [5, 5.41) is 13.9. The number of piperidine rings is 1. The van der Waals surface area contributed by atoms with Crippen molar-refractivity contribution in [2.45, 2.75) is 37.8 Å². The Balaban J connectivity index is 1.26. The molecule has 38 heavy (non-hydrogen) atoms. The molecular formula is C29H29N5O4. The smallest absolute Gasteiger partial charge is 0.261 e. The van der Waals surface area contributed by atoms with Crippen LogP contribution < -0.4 is 5.32 Å². The molecule has 1 unspecified atom stereocenters. The van der Waals surface area contributed by atoms with Crippen molar-refractivity contribution in [3.8, 4) is 0 Å². The predicted octanol–water partition coefficient (Wildman–Crippen LogP) is 2.70. The number of aromatic nitrogens is 1. The van der Waals surface area contributed by atoms with Crippen molar-refractivity contribution in [1.82, 2.24) is 14.8 Å². The van der Waals surface area contributed by atoms with E-state index < -0.39 is 6.10 Å². The minimum atomic E-state index is -0.816. The van der Waals surface area contributed by atoms with Gasteiger partial charge in [0.2, 0.25) is 0 Å². The van der Waals surface area contributed by atoms with Crippen LogP contribution >= 0.6 is 0 Å². The summed E-state index contributed by atoms with van der Waals surface area (Å²) in [5.41, 5.74) is 4.85. The first-order chi connectivity index (χ1) is 18.4. The minimum Gasteiger partial charge on any atom is -0.386 e. The number of rotatable bonds is 4. The number of hydrogen-bond acceptors (Lipinski definition) is 8. The number of fused-ring (bicyclic) bond motifs is 2. The first kappa shape index (κ1) is 24.4. The van der Waals surface area contributed by atoms with Gasteiger partial charge in [-0.05, 0) is 74.4 Å². The van der Waals surface area contributed by atoms with Gasteiger partial charge in [-0.25, -0.2) is 0 Å². The summed E-state index contributed by atoms with van der Waals surface area (Å²) in [6.45, 7) is 1.82. The van der Waals surface area contributed by atoms with Gasteiger partial charge in [-0.2, -0.15) is 0 Å². The number of aliphatic imine (C=N–C) groups is 1. The summed E-state index contributed by atoms with van der Waals surface area (Å²) >= 11 is 0. The average Bonchev–Trinajstić information content (AvgIpc) is 3.44. The van der Waals surface area contributed by atoms with Crippen molar-refractivity contribution in [3.63, 3.8) is 0 Å². The van der Waals surface area contributed by atoms with Crippen LogP contribution in [0.15, 0.2) is 65.1 Å². The quantitative estimate of drug-likeness (QED) is 0.479. The Kier molecular flexibility index (Phi) is 6.25. The van der Waals surface area contributed by atoms with Crippen LogP contribution in [0.5, 0.6) is 0 Å². The number of likely N-dealkylation sites (tertiary alicyclic amines) is 1. The zero-order valence-corrected chi connectivity index (χ0v) is 21.2. The molecule has 1 aromatic heterocycles. The highest BCUT2D eigenvalue weighted by atomic mass is 16.3. The first-order valence-corrected chi connectivity index (χ1v) is 13.0. The van der Waals surface area contributed by atoms with E-state index in [-0.39, 0.29) is 36.6 Å². The van der Waals surface area contributed by atoms with Gasteiger partial charge in [-0.15, -0.1) is 0 Å². The lowest BCUT2D eigenvalue weighted by Gasteiger charge is -2.33. The Hall–Kier alpha value is -3.95. The molecule has 1 atom stereocenters. The van der Waals surface area contributed by atoms with Crippen LogP contribution in [0.2, 0.25) is 0 Å². The second kappa shape index (κ2) is 9.74.